The second-order valence-corrected chi connectivity index (χ2v) is 5.09. The molecule has 2 heterocycles. The van der Waals surface area contributed by atoms with E-state index < -0.39 is 0 Å². The first-order valence-electron chi connectivity index (χ1n) is 6.35. The van der Waals surface area contributed by atoms with Crippen molar-refractivity contribution in [2.45, 2.75) is 18.0 Å². The highest BCUT2D eigenvalue weighted by atomic mass is 32.2. The van der Waals surface area contributed by atoms with Crippen molar-refractivity contribution in [3.8, 4) is 0 Å². The van der Waals surface area contributed by atoms with Gasteiger partial charge in [0.2, 0.25) is 5.91 Å². The molecular formula is C12H19N5OS. The van der Waals surface area contributed by atoms with E-state index in [0.29, 0.717) is 11.0 Å². The highest BCUT2D eigenvalue weighted by Gasteiger charge is 2.17. The van der Waals surface area contributed by atoms with Gasteiger partial charge < -0.3 is 15.5 Å². The standard InChI is InChI=1S/C12H19N5OS/c1-13-9-7-10(16-12(15-9)19-2)14-8-11(18)17-5-3-4-6-17/h7H,3-6,8H2,1-2H3,(H2,13,14,15,16). The van der Waals surface area contributed by atoms with Crippen LogP contribution in [0.5, 0.6) is 0 Å². The van der Waals surface area contributed by atoms with Gasteiger partial charge in [0.1, 0.15) is 11.6 Å². The zero-order chi connectivity index (χ0) is 13.7. The summed E-state index contributed by atoms with van der Waals surface area (Å²) in [4.78, 5) is 22.4. The molecular weight excluding hydrogens is 262 g/mol. The van der Waals surface area contributed by atoms with Crippen molar-refractivity contribution in [3.05, 3.63) is 6.07 Å². The fourth-order valence-corrected chi connectivity index (χ4v) is 2.36. The molecule has 0 aromatic carbocycles. The molecule has 1 amide bonds. The Bertz CT molecular complexity index is 425. The van der Waals surface area contributed by atoms with Gasteiger partial charge >= 0.3 is 0 Å². The van der Waals surface area contributed by atoms with Crippen molar-refractivity contribution in [2.24, 2.45) is 0 Å². The van der Waals surface area contributed by atoms with Crippen LogP contribution in [0.15, 0.2) is 11.2 Å². The maximum Gasteiger partial charge on any atom is 0.241 e. The Hall–Kier alpha value is -1.50. The molecule has 1 aliphatic heterocycles. The smallest absolute Gasteiger partial charge is 0.241 e. The van der Waals surface area contributed by atoms with E-state index in [1.54, 1.807) is 6.07 Å². The Kier molecular flexibility index (Phi) is 4.84. The number of carbonyl (C=O) groups excluding carboxylic acids is 1. The molecule has 2 rings (SSSR count). The van der Waals surface area contributed by atoms with E-state index in [4.69, 9.17) is 0 Å². The van der Waals surface area contributed by atoms with Crippen LogP contribution in [0.3, 0.4) is 0 Å². The molecule has 0 unspecified atom stereocenters. The second-order valence-electron chi connectivity index (χ2n) is 4.32. The summed E-state index contributed by atoms with van der Waals surface area (Å²) in [7, 11) is 1.81. The van der Waals surface area contributed by atoms with Gasteiger partial charge in [0.05, 0.1) is 6.54 Å². The average molecular weight is 281 g/mol. The van der Waals surface area contributed by atoms with Gasteiger partial charge in [-0.15, -0.1) is 0 Å². The van der Waals surface area contributed by atoms with E-state index in [2.05, 4.69) is 20.6 Å². The molecule has 1 fully saturated rings. The molecule has 0 saturated carbocycles. The summed E-state index contributed by atoms with van der Waals surface area (Å²) >= 11 is 1.47. The van der Waals surface area contributed by atoms with Crippen LogP contribution >= 0.6 is 11.8 Å². The number of nitrogens with zero attached hydrogens (tertiary/aromatic N) is 3. The summed E-state index contributed by atoms with van der Waals surface area (Å²) in [5.41, 5.74) is 0. The van der Waals surface area contributed by atoms with Crippen molar-refractivity contribution in [1.29, 1.82) is 0 Å². The minimum Gasteiger partial charge on any atom is -0.373 e. The maximum atomic E-state index is 11.9. The van der Waals surface area contributed by atoms with Crippen LogP contribution in [0.2, 0.25) is 0 Å². The normalized spacial score (nSPS) is 14.5. The number of thioether (sulfide) groups is 1. The first kappa shape index (κ1) is 13.9. The topological polar surface area (TPSA) is 70.2 Å². The van der Waals surface area contributed by atoms with Gasteiger partial charge in [0.25, 0.3) is 0 Å². The SMILES string of the molecule is CNc1cc(NCC(=O)N2CCCC2)nc(SC)n1. The van der Waals surface area contributed by atoms with Crippen LogP contribution < -0.4 is 10.6 Å². The van der Waals surface area contributed by atoms with Crippen LogP contribution in [-0.2, 0) is 4.79 Å². The predicted octanol–water partition coefficient (Wildman–Crippen LogP) is 1.27. The zero-order valence-corrected chi connectivity index (χ0v) is 12.1. The van der Waals surface area contributed by atoms with Gasteiger partial charge in [-0.1, -0.05) is 11.8 Å². The minimum absolute atomic E-state index is 0.132. The lowest BCUT2D eigenvalue weighted by Crippen LogP contribution is -2.33. The van der Waals surface area contributed by atoms with E-state index in [1.165, 1.54) is 11.8 Å². The largest absolute Gasteiger partial charge is 0.373 e. The number of hydrogen-bond donors (Lipinski definition) is 2. The molecule has 2 N–H and O–H groups in total. The van der Waals surface area contributed by atoms with E-state index in [1.807, 2.05) is 18.2 Å². The van der Waals surface area contributed by atoms with Crippen molar-refractivity contribution >= 4 is 29.3 Å². The Morgan fingerprint density at radius 1 is 1.37 bits per heavy atom. The number of anilines is 2. The van der Waals surface area contributed by atoms with Crippen LogP contribution in [0, 0.1) is 0 Å². The third-order valence-corrected chi connectivity index (χ3v) is 3.57. The number of amides is 1. The van der Waals surface area contributed by atoms with Crippen LogP contribution in [0.4, 0.5) is 11.6 Å². The van der Waals surface area contributed by atoms with Crippen molar-refractivity contribution in [2.75, 3.05) is 43.6 Å². The van der Waals surface area contributed by atoms with Gasteiger partial charge in [-0.25, -0.2) is 9.97 Å². The van der Waals surface area contributed by atoms with Gasteiger partial charge in [-0.3, -0.25) is 4.79 Å². The highest BCUT2D eigenvalue weighted by molar-refractivity contribution is 7.98. The summed E-state index contributed by atoms with van der Waals surface area (Å²) < 4.78 is 0. The Morgan fingerprint density at radius 3 is 2.68 bits per heavy atom. The molecule has 104 valence electrons. The molecule has 7 heteroatoms. The lowest BCUT2D eigenvalue weighted by atomic mass is 10.4. The summed E-state index contributed by atoms with van der Waals surface area (Å²) in [5, 5.41) is 6.74. The maximum absolute atomic E-state index is 11.9. The molecule has 0 bridgehead atoms. The van der Waals surface area contributed by atoms with Gasteiger partial charge in [-0.05, 0) is 19.1 Å². The monoisotopic (exact) mass is 281 g/mol. The molecule has 0 aliphatic carbocycles. The predicted molar refractivity (Wildman–Crippen MR) is 77.7 cm³/mol. The van der Waals surface area contributed by atoms with Crippen molar-refractivity contribution in [3.63, 3.8) is 0 Å². The number of rotatable bonds is 5. The van der Waals surface area contributed by atoms with Gasteiger partial charge in [0.15, 0.2) is 5.16 Å². The van der Waals surface area contributed by atoms with E-state index in [9.17, 15) is 4.79 Å². The van der Waals surface area contributed by atoms with Gasteiger partial charge in [-0.2, -0.15) is 0 Å². The third-order valence-electron chi connectivity index (χ3n) is 3.02. The number of nitrogens with one attached hydrogen (secondary N) is 2. The highest BCUT2D eigenvalue weighted by Crippen LogP contribution is 2.17. The van der Waals surface area contributed by atoms with Crippen LogP contribution in [0.25, 0.3) is 0 Å². The van der Waals surface area contributed by atoms with Crippen LogP contribution in [0.1, 0.15) is 12.8 Å². The second kappa shape index (κ2) is 6.60. The van der Waals surface area contributed by atoms with Crippen molar-refractivity contribution < 1.29 is 4.79 Å². The summed E-state index contributed by atoms with van der Waals surface area (Å²) in [6, 6.07) is 1.80. The number of likely N-dealkylation sites (tertiary alicyclic amines) is 1. The molecule has 1 aromatic rings. The first-order chi connectivity index (χ1) is 9.22. The molecule has 19 heavy (non-hydrogen) atoms. The molecule has 0 radical (unpaired) electrons. The van der Waals surface area contributed by atoms with E-state index in [-0.39, 0.29) is 12.5 Å². The quantitative estimate of drug-likeness (QED) is 0.626. The average Bonchev–Trinajstić information content (AvgIpc) is 2.98. The number of carbonyl (C=O) groups is 1. The molecule has 1 saturated heterocycles. The third kappa shape index (κ3) is 3.73. The Balaban J connectivity index is 1.96. The summed E-state index contributed by atoms with van der Waals surface area (Å²) in [5.74, 6) is 1.56. The fourth-order valence-electron chi connectivity index (χ4n) is 1.98. The number of aromatic nitrogens is 2. The summed E-state index contributed by atoms with van der Waals surface area (Å²) in [6.07, 6.45) is 4.15. The number of hydrogen-bond acceptors (Lipinski definition) is 6. The zero-order valence-electron chi connectivity index (χ0n) is 11.3. The molecule has 0 spiro atoms. The minimum atomic E-state index is 0.132. The lowest BCUT2D eigenvalue weighted by molar-refractivity contribution is -0.128. The molecule has 6 nitrogen and oxygen atoms in total. The van der Waals surface area contributed by atoms with E-state index in [0.717, 1.165) is 31.7 Å². The summed E-state index contributed by atoms with van der Waals surface area (Å²) in [6.45, 7) is 2.04. The Labute approximate surface area is 117 Å². The molecule has 0 atom stereocenters. The lowest BCUT2D eigenvalue weighted by Gasteiger charge is -2.16. The van der Waals surface area contributed by atoms with Gasteiger partial charge in [0, 0.05) is 26.2 Å². The van der Waals surface area contributed by atoms with Crippen LogP contribution in [-0.4, -0.2) is 53.7 Å². The first-order valence-corrected chi connectivity index (χ1v) is 7.58. The Morgan fingerprint density at radius 2 is 2.05 bits per heavy atom. The molecule has 1 aromatic heterocycles. The van der Waals surface area contributed by atoms with E-state index >= 15 is 0 Å². The fraction of sp³-hybridized carbons (Fsp3) is 0.583. The molecule has 1 aliphatic rings. The van der Waals surface area contributed by atoms with Crippen molar-refractivity contribution in [1.82, 2.24) is 14.9 Å².